The number of ether oxygens (including phenoxy) is 1. The molecule has 0 unspecified atom stereocenters. The third-order valence-corrected chi connectivity index (χ3v) is 5.46. The van der Waals surface area contributed by atoms with Crippen LogP contribution in [0, 0.1) is 0 Å². The van der Waals surface area contributed by atoms with Crippen molar-refractivity contribution in [1.29, 1.82) is 0 Å². The number of amides is 1. The lowest BCUT2D eigenvalue weighted by Crippen LogP contribution is -2.23. The van der Waals surface area contributed by atoms with Crippen LogP contribution >= 0.6 is 11.3 Å². The Kier molecular flexibility index (Phi) is 5.26. The quantitative estimate of drug-likeness (QED) is 0.630. The number of hydrogen-bond donors (Lipinski definition) is 1. The molecule has 2 aromatic heterocycles. The van der Waals surface area contributed by atoms with Crippen LogP contribution in [0.1, 0.15) is 17.5 Å². The summed E-state index contributed by atoms with van der Waals surface area (Å²) in [4.78, 5) is 28.3. The molecule has 3 rings (SSSR count). The van der Waals surface area contributed by atoms with Gasteiger partial charge >= 0.3 is 11.9 Å². The third kappa shape index (κ3) is 4.15. The van der Waals surface area contributed by atoms with Crippen molar-refractivity contribution in [2.45, 2.75) is 18.4 Å². The molecule has 1 aromatic carbocycles. The number of nitrogens with zero attached hydrogens (tertiary/aromatic N) is 2. The summed E-state index contributed by atoms with van der Waals surface area (Å²) in [5.41, 5.74) is 0.520. The van der Waals surface area contributed by atoms with E-state index in [2.05, 4.69) is 4.99 Å². The maximum absolute atomic E-state index is 12.2. The van der Waals surface area contributed by atoms with Crippen LogP contribution in [0.25, 0.3) is 10.2 Å². The smallest absolute Gasteiger partial charge is 0.326 e. The Hall–Kier alpha value is -2.76. The maximum Gasteiger partial charge on any atom is 0.326 e. The lowest BCUT2D eigenvalue weighted by molar-refractivity contribution is -0.143. The van der Waals surface area contributed by atoms with E-state index in [0.717, 1.165) is 11.3 Å². The van der Waals surface area contributed by atoms with E-state index in [0.29, 0.717) is 10.2 Å². The molecule has 2 heterocycles. The van der Waals surface area contributed by atoms with E-state index >= 15 is 0 Å². The summed E-state index contributed by atoms with van der Waals surface area (Å²) >= 11 is 1.05. The third-order valence-electron chi connectivity index (χ3n) is 3.50. The van der Waals surface area contributed by atoms with E-state index in [1.54, 1.807) is 13.0 Å². The van der Waals surface area contributed by atoms with Crippen LogP contribution in [0.4, 0.5) is 0 Å². The van der Waals surface area contributed by atoms with Gasteiger partial charge in [-0.3, -0.25) is 9.59 Å². The second kappa shape index (κ2) is 7.47. The summed E-state index contributed by atoms with van der Waals surface area (Å²) in [6, 6.07) is 7.21. The first-order chi connectivity index (χ1) is 12.8. The number of thiazole rings is 1. The molecule has 0 fully saturated rings. The molecule has 0 aliphatic carbocycles. The van der Waals surface area contributed by atoms with Gasteiger partial charge < -0.3 is 13.7 Å². The van der Waals surface area contributed by atoms with E-state index in [1.807, 2.05) is 0 Å². The predicted octanol–water partition coefficient (Wildman–Crippen LogP) is 1.25. The van der Waals surface area contributed by atoms with Gasteiger partial charge in [-0.05, 0) is 37.3 Å². The molecule has 0 aliphatic heterocycles. The highest BCUT2D eigenvalue weighted by molar-refractivity contribution is 7.89. The summed E-state index contributed by atoms with van der Waals surface area (Å²) in [7, 11) is -3.89. The zero-order valence-electron chi connectivity index (χ0n) is 14.1. The summed E-state index contributed by atoms with van der Waals surface area (Å²) in [6.07, 6.45) is 1.35. The van der Waals surface area contributed by atoms with Crippen LogP contribution in [-0.4, -0.2) is 31.5 Å². The highest BCUT2D eigenvalue weighted by Gasteiger charge is 2.16. The minimum atomic E-state index is -3.89. The number of esters is 1. The van der Waals surface area contributed by atoms with Crippen LogP contribution < -0.4 is 9.94 Å². The summed E-state index contributed by atoms with van der Waals surface area (Å²) in [5.74, 6) is -1.10. The van der Waals surface area contributed by atoms with Crippen molar-refractivity contribution in [3.05, 3.63) is 47.2 Å². The Bertz CT molecular complexity index is 1170. The molecule has 0 bridgehead atoms. The molecule has 2 N–H and O–H groups in total. The molecule has 142 valence electrons. The zero-order valence-corrected chi connectivity index (χ0v) is 15.7. The first-order valence-corrected chi connectivity index (χ1v) is 10.1. The lowest BCUT2D eigenvalue weighted by atomic mass is 10.3. The van der Waals surface area contributed by atoms with Gasteiger partial charge in [0.1, 0.15) is 6.54 Å². The van der Waals surface area contributed by atoms with Gasteiger partial charge in [0.25, 0.3) is 0 Å². The fraction of sp³-hybridized carbons (Fsp3) is 0.188. The van der Waals surface area contributed by atoms with Crippen molar-refractivity contribution in [2.24, 2.45) is 10.1 Å². The van der Waals surface area contributed by atoms with Crippen molar-refractivity contribution in [2.75, 3.05) is 6.61 Å². The van der Waals surface area contributed by atoms with E-state index < -0.39 is 21.9 Å². The van der Waals surface area contributed by atoms with Gasteiger partial charge in [-0.2, -0.15) is 4.99 Å². The van der Waals surface area contributed by atoms with Gasteiger partial charge in [0, 0.05) is 0 Å². The maximum atomic E-state index is 12.2. The molecular weight excluding hydrogens is 394 g/mol. The number of nitrogens with two attached hydrogens (primary N) is 1. The Morgan fingerprint density at radius 3 is 2.74 bits per heavy atom. The number of aromatic nitrogens is 1. The van der Waals surface area contributed by atoms with E-state index in [4.69, 9.17) is 14.3 Å². The standard InChI is InChI=1S/C16H15N3O6S2/c1-2-24-14(20)9-19-11-6-5-10(27(17,22)23)8-13(11)26-16(19)18-15(21)12-4-3-7-25-12/h3-8H,2,9H2,1H3,(H2,17,22,23). The molecule has 0 atom stereocenters. The molecule has 0 saturated carbocycles. The average Bonchev–Trinajstić information content (AvgIpc) is 3.23. The zero-order chi connectivity index (χ0) is 19.6. The number of benzene rings is 1. The van der Waals surface area contributed by atoms with Crippen LogP contribution in [0.3, 0.4) is 0 Å². The SMILES string of the molecule is CCOC(=O)Cn1c(=NC(=O)c2ccco2)sc2cc(S(N)(=O)=O)ccc21. The second-order valence-corrected chi connectivity index (χ2v) is 7.92. The van der Waals surface area contributed by atoms with E-state index in [1.165, 1.54) is 35.1 Å². The normalized spacial score (nSPS) is 12.4. The van der Waals surface area contributed by atoms with Crippen LogP contribution in [0.15, 0.2) is 50.9 Å². The van der Waals surface area contributed by atoms with Gasteiger partial charge in [0.05, 0.1) is 28.0 Å². The highest BCUT2D eigenvalue weighted by atomic mass is 32.2. The molecule has 0 saturated heterocycles. The molecule has 9 nitrogen and oxygen atoms in total. The predicted molar refractivity (Wildman–Crippen MR) is 96.4 cm³/mol. The molecular formula is C16H15N3O6S2. The number of primary sulfonamides is 1. The lowest BCUT2D eigenvalue weighted by Gasteiger charge is -2.05. The summed E-state index contributed by atoms with van der Waals surface area (Å²) < 4.78 is 35.1. The summed E-state index contributed by atoms with van der Waals surface area (Å²) in [5, 5.41) is 5.16. The number of furan rings is 1. The van der Waals surface area contributed by atoms with Gasteiger partial charge in [0.2, 0.25) is 10.0 Å². The molecule has 27 heavy (non-hydrogen) atoms. The van der Waals surface area contributed by atoms with Crippen molar-refractivity contribution >= 4 is 43.5 Å². The van der Waals surface area contributed by atoms with Crippen molar-refractivity contribution in [3.63, 3.8) is 0 Å². The molecule has 0 spiro atoms. The van der Waals surface area contributed by atoms with Gasteiger partial charge in [0.15, 0.2) is 10.6 Å². The minimum absolute atomic E-state index is 0.0420. The summed E-state index contributed by atoms with van der Waals surface area (Å²) in [6.45, 7) is 1.69. The monoisotopic (exact) mass is 409 g/mol. The molecule has 3 aromatic rings. The van der Waals surface area contributed by atoms with Crippen LogP contribution in [0.5, 0.6) is 0 Å². The Balaban J connectivity index is 2.17. The van der Waals surface area contributed by atoms with Crippen molar-refractivity contribution in [3.8, 4) is 0 Å². The number of carbonyl (C=O) groups excluding carboxylic acids is 2. The van der Waals surface area contributed by atoms with Gasteiger partial charge in [-0.1, -0.05) is 11.3 Å². The fourth-order valence-corrected chi connectivity index (χ4v) is 4.03. The first kappa shape index (κ1) is 19.0. The Morgan fingerprint density at radius 1 is 1.33 bits per heavy atom. The number of fused-ring (bicyclic) bond motifs is 1. The average molecular weight is 409 g/mol. The topological polar surface area (TPSA) is 134 Å². The van der Waals surface area contributed by atoms with Crippen LogP contribution in [0.2, 0.25) is 0 Å². The van der Waals surface area contributed by atoms with Crippen molar-refractivity contribution in [1.82, 2.24) is 4.57 Å². The largest absolute Gasteiger partial charge is 0.465 e. The number of sulfonamides is 1. The molecule has 11 heteroatoms. The number of rotatable bonds is 5. The fourth-order valence-electron chi connectivity index (χ4n) is 2.35. The molecule has 1 amide bonds. The second-order valence-electron chi connectivity index (χ2n) is 5.34. The van der Waals surface area contributed by atoms with Gasteiger partial charge in [-0.25, -0.2) is 13.6 Å². The van der Waals surface area contributed by atoms with Gasteiger partial charge in [-0.15, -0.1) is 0 Å². The minimum Gasteiger partial charge on any atom is -0.465 e. The Labute approximate surface area is 157 Å². The van der Waals surface area contributed by atoms with Crippen LogP contribution in [-0.2, 0) is 26.1 Å². The molecule has 0 aliphatic rings. The van der Waals surface area contributed by atoms with E-state index in [-0.39, 0.29) is 28.6 Å². The highest BCUT2D eigenvalue weighted by Crippen LogP contribution is 2.21. The van der Waals surface area contributed by atoms with E-state index in [9.17, 15) is 18.0 Å². The first-order valence-electron chi connectivity index (χ1n) is 7.74. The Morgan fingerprint density at radius 2 is 2.11 bits per heavy atom. The van der Waals surface area contributed by atoms with Crippen molar-refractivity contribution < 1.29 is 27.2 Å². The molecule has 0 radical (unpaired) electrons. The number of carbonyl (C=O) groups is 2. The number of hydrogen-bond acceptors (Lipinski definition) is 7.